The van der Waals surface area contributed by atoms with Crippen LogP contribution in [0.5, 0.6) is 0 Å². The largest absolute Gasteiger partial charge is 0.355 e. The van der Waals surface area contributed by atoms with Gasteiger partial charge in [0.25, 0.3) is 5.91 Å². The summed E-state index contributed by atoms with van der Waals surface area (Å²) >= 11 is 1.73. The van der Waals surface area contributed by atoms with Gasteiger partial charge in [-0.2, -0.15) is 0 Å². The second kappa shape index (κ2) is 7.90. The number of rotatable bonds is 5. The van der Waals surface area contributed by atoms with Crippen LogP contribution in [0.15, 0.2) is 82.2 Å². The van der Waals surface area contributed by atoms with E-state index in [0.29, 0.717) is 16.6 Å². The van der Waals surface area contributed by atoms with Crippen LogP contribution in [0.4, 0.5) is 5.69 Å². The lowest BCUT2D eigenvalue weighted by molar-refractivity contribution is 0.102. The van der Waals surface area contributed by atoms with Gasteiger partial charge in [0.1, 0.15) is 5.52 Å². The molecule has 1 amide bonds. The maximum absolute atomic E-state index is 12.9. The zero-order valence-corrected chi connectivity index (χ0v) is 16.5. The summed E-state index contributed by atoms with van der Waals surface area (Å²) in [6.07, 6.45) is 0. The molecule has 0 saturated heterocycles. The summed E-state index contributed by atoms with van der Waals surface area (Å²) in [5.74, 6) is 0.514. The fourth-order valence-electron chi connectivity index (χ4n) is 3.00. The molecule has 0 bridgehead atoms. The number of thioether (sulfide) groups is 1. The average Bonchev–Trinajstić information content (AvgIpc) is 3.13. The van der Waals surface area contributed by atoms with Gasteiger partial charge in [0.2, 0.25) is 0 Å². The maximum Gasteiger partial charge on any atom is 0.255 e. The predicted octanol–water partition coefficient (Wildman–Crippen LogP) is 6.25. The molecule has 0 spiro atoms. The topological polar surface area (TPSA) is 55.1 Å². The van der Waals surface area contributed by atoms with E-state index in [1.807, 2.05) is 66.7 Å². The molecular weight excluding hydrogens is 368 g/mol. The molecule has 5 heteroatoms. The van der Waals surface area contributed by atoms with E-state index >= 15 is 0 Å². The third-order valence-corrected chi connectivity index (χ3v) is 5.35. The fraction of sp³-hybridized carbons (Fsp3) is 0.130. The predicted molar refractivity (Wildman–Crippen MR) is 115 cm³/mol. The lowest BCUT2D eigenvalue weighted by atomic mass is 10.1. The van der Waals surface area contributed by atoms with E-state index in [4.69, 9.17) is 4.52 Å². The van der Waals surface area contributed by atoms with E-state index in [2.05, 4.69) is 24.3 Å². The molecule has 1 aromatic heterocycles. The lowest BCUT2D eigenvalue weighted by Crippen LogP contribution is -2.12. The van der Waals surface area contributed by atoms with Crippen molar-refractivity contribution < 1.29 is 9.32 Å². The Morgan fingerprint density at radius 2 is 1.75 bits per heavy atom. The summed E-state index contributed by atoms with van der Waals surface area (Å²) in [7, 11) is 0. The van der Waals surface area contributed by atoms with E-state index in [1.54, 1.807) is 17.8 Å². The molecule has 0 unspecified atom stereocenters. The Bertz CT molecular complexity index is 1120. The third kappa shape index (κ3) is 3.80. The van der Waals surface area contributed by atoms with Crippen molar-refractivity contribution in [1.29, 1.82) is 0 Å². The third-order valence-electron chi connectivity index (χ3n) is 4.27. The van der Waals surface area contributed by atoms with Crippen molar-refractivity contribution in [3.63, 3.8) is 0 Å². The van der Waals surface area contributed by atoms with Crippen molar-refractivity contribution in [3.8, 4) is 11.3 Å². The molecule has 4 aromatic rings. The SMILES string of the molecule is CC(C)Sc1ccccc1NC(=O)c1ccc2noc(-c3ccccc3)c2c1. The van der Waals surface area contributed by atoms with Crippen LogP contribution in [-0.4, -0.2) is 16.3 Å². The Morgan fingerprint density at radius 3 is 2.54 bits per heavy atom. The quantitative estimate of drug-likeness (QED) is 0.411. The van der Waals surface area contributed by atoms with Crippen LogP contribution in [0.3, 0.4) is 0 Å². The van der Waals surface area contributed by atoms with Crippen LogP contribution in [0, 0.1) is 0 Å². The van der Waals surface area contributed by atoms with Gasteiger partial charge < -0.3 is 9.84 Å². The van der Waals surface area contributed by atoms with Crippen LogP contribution < -0.4 is 5.32 Å². The van der Waals surface area contributed by atoms with Crippen molar-refractivity contribution in [2.24, 2.45) is 0 Å². The molecule has 1 N–H and O–H groups in total. The summed E-state index contributed by atoms with van der Waals surface area (Å²) in [5.41, 5.74) is 3.05. The minimum Gasteiger partial charge on any atom is -0.355 e. The summed E-state index contributed by atoms with van der Waals surface area (Å²) in [4.78, 5) is 14.0. The van der Waals surface area contributed by atoms with Gasteiger partial charge in [-0.25, -0.2) is 0 Å². The molecule has 0 aliphatic heterocycles. The zero-order valence-electron chi connectivity index (χ0n) is 15.7. The molecule has 28 heavy (non-hydrogen) atoms. The number of carbonyl (C=O) groups is 1. The van der Waals surface area contributed by atoms with E-state index in [0.717, 1.165) is 27.0 Å². The molecule has 0 aliphatic rings. The normalized spacial score (nSPS) is 11.1. The highest BCUT2D eigenvalue weighted by Crippen LogP contribution is 2.32. The van der Waals surface area contributed by atoms with E-state index < -0.39 is 0 Å². The van der Waals surface area contributed by atoms with Crippen molar-refractivity contribution in [3.05, 3.63) is 78.4 Å². The number of nitrogens with one attached hydrogen (secondary N) is 1. The monoisotopic (exact) mass is 388 g/mol. The number of carbonyl (C=O) groups excluding carboxylic acids is 1. The van der Waals surface area contributed by atoms with Gasteiger partial charge in [-0.1, -0.05) is 61.5 Å². The summed E-state index contributed by atoms with van der Waals surface area (Å²) < 4.78 is 5.53. The van der Waals surface area contributed by atoms with Crippen molar-refractivity contribution in [2.75, 3.05) is 5.32 Å². The first kappa shape index (κ1) is 18.3. The number of aromatic nitrogens is 1. The molecule has 0 radical (unpaired) electrons. The minimum absolute atomic E-state index is 0.154. The molecule has 4 rings (SSSR count). The van der Waals surface area contributed by atoms with Crippen LogP contribution >= 0.6 is 11.8 Å². The smallest absolute Gasteiger partial charge is 0.255 e. The van der Waals surface area contributed by atoms with Crippen LogP contribution in [0.2, 0.25) is 0 Å². The minimum atomic E-state index is -0.154. The Kier molecular flexibility index (Phi) is 5.17. The average molecular weight is 388 g/mol. The maximum atomic E-state index is 12.9. The number of benzene rings is 3. The van der Waals surface area contributed by atoms with Gasteiger partial charge in [-0.3, -0.25) is 4.79 Å². The fourth-order valence-corrected chi connectivity index (χ4v) is 3.91. The van der Waals surface area contributed by atoms with Crippen molar-refractivity contribution in [2.45, 2.75) is 24.0 Å². The first-order valence-electron chi connectivity index (χ1n) is 9.14. The van der Waals surface area contributed by atoms with E-state index in [-0.39, 0.29) is 5.91 Å². The molecule has 0 fully saturated rings. The number of para-hydroxylation sites is 1. The highest BCUT2D eigenvalue weighted by Gasteiger charge is 2.15. The molecule has 0 aliphatic carbocycles. The molecule has 0 atom stereocenters. The van der Waals surface area contributed by atoms with Crippen LogP contribution in [-0.2, 0) is 0 Å². The highest BCUT2D eigenvalue weighted by molar-refractivity contribution is 8.00. The number of hydrogen-bond donors (Lipinski definition) is 1. The van der Waals surface area contributed by atoms with Gasteiger partial charge in [-0.05, 0) is 30.3 Å². The first-order chi connectivity index (χ1) is 13.6. The first-order valence-corrected chi connectivity index (χ1v) is 10.0. The summed E-state index contributed by atoms with van der Waals surface area (Å²) in [6.45, 7) is 4.27. The number of amides is 1. The molecule has 140 valence electrons. The molecule has 0 saturated carbocycles. The van der Waals surface area contributed by atoms with Crippen molar-refractivity contribution >= 4 is 34.3 Å². The molecule has 4 nitrogen and oxygen atoms in total. The van der Waals surface area contributed by atoms with Crippen LogP contribution in [0.25, 0.3) is 22.2 Å². The summed E-state index contributed by atoms with van der Waals surface area (Å²) in [5, 5.41) is 8.41. The van der Waals surface area contributed by atoms with Gasteiger partial charge in [-0.15, -0.1) is 11.8 Å². The van der Waals surface area contributed by atoms with Crippen LogP contribution in [0.1, 0.15) is 24.2 Å². The zero-order chi connectivity index (χ0) is 19.5. The van der Waals surface area contributed by atoms with Gasteiger partial charge in [0, 0.05) is 21.3 Å². The molecule has 3 aromatic carbocycles. The Labute approximate surface area is 167 Å². The van der Waals surface area contributed by atoms with Crippen molar-refractivity contribution in [1.82, 2.24) is 5.16 Å². The van der Waals surface area contributed by atoms with Gasteiger partial charge >= 0.3 is 0 Å². The van der Waals surface area contributed by atoms with Gasteiger partial charge in [0.15, 0.2) is 5.76 Å². The Hall–Kier alpha value is -3.05. The summed E-state index contributed by atoms with van der Waals surface area (Å²) in [6, 6.07) is 23.1. The van der Waals surface area contributed by atoms with E-state index in [1.165, 1.54) is 0 Å². The number of fused-ring (bicyclic) bond motifs is 1. The van der Waals surface area contributed by atoms with E-state index in [9.17, 15) is 4.79 Å². The molecule has 1 heterocycles. The second-order valence-electron chi connectivity index (χ2n) is 6.73. The lowest BCUT2D eigenvalue weighted by Gasteiger charge is -2.12. The Morgan fingerprint density at radius 1 is 1.00 bits per heavy atom. The number of nitrogens with zero attached hydrogens (tertiary/aromatic N) is 1. The number of hydrogen-bond acceptors (Lipinski definition) is 4. The highest BCUT2D eigenvalue weighted by atomic mass is 32.2. The molecular formula is C23H20N2O2S. The standard InChI is InChI=1S/C23H20N2O2S/c1-15(2)28-21-11-7-6-10-20(21)24-23(26)17-12-13-19-18(14-17)22(27-25-19)16-8-4-3-5-9-16/h3-15H,1-2H3,(H,24,26). The van der Waals surface area contributed by atoms with Gasteiger partial charge in [0.05, 0.1) is 11.1 Å². The second-order valence-corrected chi connectivity index (χ2v) is 8.34. The Balaban J connectivity index is 1.66. The number of anilines is 1.